The molecule has 5 heteroatoms. The lowest BCUT2D eigenvalue weighted by Gasteiger charge is -2.16. The maximum absolute atomic E-state index is 13.1. The topological polar surface area (TPSA) is 43.4 Å². The standard InChI is InChI=1S/C9H12F2O3/c1-3-14-7(13)9(10,11)6(12)8(2)4-5-8/h3-5H2,1-2H3. The van der Waals surface area contributed by atoms with E-state index in [9.17, 15) is 18.4 Å². The molecule has 0 N–H and O–H groups in total. The van der Waals surface area contributed by atoms with Crippen molar-refractivity contribution in [2.45, 2.75) is 32.6 Å². The number of esters is 1. The van der Waals surface area contributed by atoms with Crippen molar-refractivity contribution in [3.8, 4) is 0 Å². The normalized spacial score (nSPS) is 18.9. The van der Waals surface area contributed by atoms with E-state index in [2.05, 4.69) is 4.74 Å². The fourth-order valence-corrected chi connectivity index (χ4v) is 1.11. The number of alkyl halides is 2. The average molecular weight is 206 g/mol. The van der Waals surface area contributed by atoms with Crippen LogP contribution in [-0.4, -0.2) is 24.3 Å². The van der Waals surface area contributed by atoms with Crippen molar-refractivity contribution in [2.24, 2.45) is 5.41 Å². The molecule has 0 unspecified atom stereocenters. The molecule has 0 amide bonds. The number of carbonyl (C=O) groups excluding carboxylic acids is 2. The summed E-state index contributed by atoms with van der Waals surface area (Å²) in [6, 6.07) is 0. The van der Waals surface area contributed by atoms with Gasteiger partial charge in [0.05, 0.1) is 6.61 Å². The highest BCUT2D eigenvalue weighted by Crippen LogP contribution is 2.49. The Hall–Kier alpha value is -1.00. The molecule has 1 fully saturated rings. The minimum atomic E-state index is -3.98. The molecule has 80 valence electrons. The Balaban J connectivity index is 2.73. The molecule has 1 aliphatic rings. The third-order valence-corrected chi connectivity index (χ3v) is 2.37. The molecule has 14 heavy (non-hydrogen) atoms. The van der Waals surface area contributed by atoms with Crippen LogP contribution in [0, 0.1) is 5.41 Å². The highest BCUT2D eigenvalue weighted by Gasteiger charge is 2.60. The number of halogens is 2. The van der Waals surface area contributed by atoms with Crippen molar-refractivity contribution >= 4 is 11.8 Å². The molecular weight excluding hydrogens is 194 g/mol. The van der Waals surface area contributed by atoms with Crippen molar-refractivity contribution < 1.29 is 23.1 Å². The van der Waals surface area contributed by atoms with E-state index in [0.29, 0.717) is 12.8 Å². The summed E-state index contributed by atoms with van der Waals surface area (Å²) in [4.78, 5) is 22.0. The molecule has 0 aliphatic heterocycles. The summed E-state index contributed by atoms with van der Waals surface area (Å²) < 4.78 is 30.4. The Bertz CT molecular complexity index is 269. The third kappa shape index (κ3) is 1.76. The second kappa shape index (κ2) is 3.29. The first-order chi connectivity index (χ1) is 6.34. The Morgan fingerprint density at radius 1 is 1.43 bits per heavy atom. The van der Waals surface area contributed by atoms with Crippen molar-refractivity contribution in [1.82, 2.24) is 0 Å². The van der Waals surface area contributed by atoms with Gasteiger partial charge in [-0.05, 0) is 19.8 Å². The van der Waals surface area contributed by atoms with Gasteiger partial charge in [0.25, 0.3) is 0 Å². The van der Waals surface area contributed by atoms with Crippen molar-refractivity contribution in [1.29, 1.82) is 0 Å². The molecular formula is C9H12F2O3. The van der Waals surface area contributed by atoms with E-state index in [1.165, 1.54) is 13.8 Å². The van der Waals surface area contributed by atoms with E-state index in [1.54, 1.807) is 0 Å². The largest absolute Gasteiger partial charge is 0.461 e. The highest BCUT2D eigenvalue weighted by atomic mass is 19.3. The molecule has 0 aromatic carbocycles. The molecule has 0 bridgehead atoms. The zero-order valence-electron chi connectivity index (χ0n) is 8.10. The first kappa shape index (κ1) is 11.1. The lowest BCUT2D eigenvalue weighted by atomic mass is 9.98. The van der Waals surface area contributed by atoms with Crippen LogP contribution in [0.4, 0.5) is 8.78 Å². The van der Waals surface area contributed by atoms with Crippen LogP contribution in [-0.2, 0) is 14.3 Å². The molecule has 0 aromatic heterocycles. The highest BCUT2D eigenvalue weighted by molar-refractivity contribution is 6.08. The maximum Gasteiger partial charge on any atom is 0.400 e. The Labute approximate surface area is 80.4 Å². The van der Waals surface area contributed by atoms with Gasteiger partial charge in [0, 0.05) is 5.41 Å². The van der Waals surface area contributed by atoms with Crippen LogP contribution >= 0.6 is 0 Å². The first-order valence-corrected chi connectivity index (χ1v) is 4.44. The van der Waals surface area contributed by atoms with Crippen LogP contribution in [0.15, 0.2) is 0 Å². The third-order valence-electron chi connectivity index (χ3n) is 2.37. The van der Waals surface area contributed by atoms with Crippen LogP contribution in [0.2, 0.25) is 0 Å². The monoisotopic (exact) mass is 206 g/mol. The van der Waals surface area contributed by atoms with Gasteiger partial charge in [0.15, 0.2) is 0 Å². The molecule has 1 rings (SSSR count). The summed E-state index contributed by atoms with van der Waals surface area (Å²) in [7, 11) is 0. The molecule has 0 heterocycles. The lowest BCUT2D eigenvalue weighted by Crippen LogP contribution is -2.43. The molecule has 0 radical (unpaired) electrons. The molecule has 0 aromatic rings. The minimum absolute atomic E-state index is 0.154. The van der Waals surface area contributed by atoms with Crippen molar-refractivity contribution in [2.75, 3.05) is 6.61 Å². The van der Waals surface area contributed by atoms with Gasteiger partial charge in [-0.15, -0.1) is 0 Å². The van der Waals surface area contributed by atoms with Crippen LogP contribution in [0.3, 0.4) is 0 Å². The van der Waals surface area contributed by atoms with Gasteiger partial charge < -0.3 is 4.74 Å². The summed E-state index contributed by atoms with van der Waals surface area (Å²) in [6.45, 7) is 2.69. The molecule has 3 nitrogen and oxygen atoms in total. The number of hydrogen-bond donors (Lipinski definition) is 0. The van der Waals surface area contributed by atoms with Crippen LogP contribution in [0.25, 0.3) is 0 Å². The average Bonchev–Trinajstić information content (AvgIpc) is 2.84. The number of rotatable bonds is 4. The fraction of sp³-hybridized carbons (Fsp3) is 0.778. The van der Waals surface area contributed by atoms with Gasteiger partial charge >= 0.3 is 11.9 Å². The van der Waals surface area contributed by atoms with Crippen LogP contribution < -0.4 is 0 Å². The van der Waals surface area contributed by atoms with Gasteiger partial charge in [0.1, 0.15) is 0 Å². The van der Waals surface area contributed by atoms with Gasteiger partial charge in [0.2, 0.25) is 5.78 Å². The van der Waals surface area contributed by atoms with Gasteiger partial charge in [-0.3, -0.25) is 4.79 Å². The second-order valence-corrected chi connectivity index (χ2v) is 3.68. The quantitative estimate of drug-likeness (QED) is 0.517. The predicted molar refractivity (Wildman–Crippen MR) is 43.9 cm³/mol. The Morgan fingerprint density at radius 2 is 1.93 bits per heavy atom. The number of ether oxygens (including phenoxy) is 1. The SMILES string of the molecule is CCOC(=O)C(F)(F)C(=O)C1(C)CC1. The van der Waals surface area contributed by atoms with E-state index in [4.69, 9.17) is 0 Å². The number of hydrogen-bond acceptors (Lipinski definition) is 3. The van der Waals surface area contributed by atoms with Crippen LogP contribution in [0.1, 0.15) is 26.7 Å². The predicted octanol–water partition coefficient (Wildman–Crippen LogP) is 1.55. The zero-order chi connectivity index (χ0) is 11.0. The number of Topliss-reactive ketones (excluding diaryl/α,β-unsaturated/α-hetero) is 1. The van der Waals surface area contributed by atoms with E-state index in [-0.39, 0.29) is 6.61 Å². The summed E-state index contributed by atoms with van der Waals surface area (Å²) in [5.41, 5.74) is -1.02. The van der Waals surface area contributed by atoms with E-state index in [0.717, 1.165) is 0 Å². The summed E-state index contributed by atoms with van der Waals surface area (Å²) in [6.07, 6.45) is 0.835. The Kier molecular flexibility index (Phi) is 2.61. The smallest absolute Gasteiger partial charge is 0.400 e. The van der Waals surface area contributed by atoms with Gasteiger partial charge in [-0.2, -0.15) is 8.78 Å². The van der Waals surface area contributed by atoms with Crippen LogP contribution in [0.5, 0.6) is 0 Å². The lowest BCUT2D eigenvalue weighted by molar-refractivity contribution is -0.178. The second-order valence-electron chi connectivity index (χ2n) is 3.68. The first-order valence-electron chi connectivity index (χ1n) is 4.44. The summed E-state index contributed by atoms with van der Waals surface area (Å²) in [5, 5.41) is 0. The van der Waals surface area contributed by atoms with Crippen molar-refractivity contribution in [3.63, 3.8) is 0 Å². The Morgan fingerprint density at radius 3 is 2.29 bits per heavy atom. The summed E-state index contributed by atoms with van der Waals surface area (Å²) >= 11 is 0. The molecule has 0 saturated heterocycles. The molecule has 1 saturated carbocycles. The fourth-order valence-electron chi connectivity index (χ4n) is 1.11. The zero-order valence-corrected chi connectivity index (χ0v) is 8.10. The van der Waals surface area contributed by atoms with Gasteiger partial charge in [-0.25, -0.2) is 4.79 Å². The van der Waals surface area contributed by atoms with E-state index < -0.39 is 23.1 Å². The summed E-state index contributed by atoms with van der Waals surface area (Å²) in [5.74, 6) is -7.04. The van der Waals surface area contributed by atoms with Gasteiger partial charge in [-0.1, -0.05) is 6.92 Å². The number of ketones is 1. The molecule has 0 spiro atoms. The maximum atomic E-state index is 13.1. The van der Waals surface area contributed by atoms with Crippen molar-refractivity contribution in [3.05, 3.63) is 0 Å². The number of carbonyl (C=O) groups is 2. The molecule has 0 atom stereocenters. The minimum Gasteiger partial charge on any atom is -0.461 e. The van der Waals surface area contributed by atoms with E-state index >= 15 is 0 Å². The van der Waals surface area contributed by atoms with E-state index in [1.807, 2.05) is 0 Å². The molecule has 1 aliphatic carbocycles.